The third-order valence-corrected chi connectivity index (χ3v) is 7.97. The first-order valence-electron chi connectivity index (χ1n) is 11.4. The van der Waals surface area contributed by atoms with Gasteiger partial charge in [-0.3, -0.25) is 14.3 Å². The van der Waals surface area contributed by atoms with Crippen molar-refractivity contribution in [3.05, 3.63) is 103 Å². The molecule has 186 valence electrons. The minimum absolute atomic E-state index is 0.00792. The van der Waals surface area contributed by atoms with Crippen LogP contribution in [-0.4, -0.2) is 37.9 Å². The summed E-state index contributed by atoms with van der Waals surface area (Å²) < 4.78 is 33.0. The predicted molar refractivity (Wildman–Crippen MR) is 142 cm³/mol. The number of ether oxygens (including phenoxy) is 1. The smallest absolute Gasteiger partial charge is 0.332 e. The maximum atomic E-state index is 12.6. The Labute approximate surface area is 212 Å². The molecule has 1 atom stereocenters. The largest absolute Gasteiger partial charge is 0.496 e. The number of thiophene rings is 1. The molecule has 36 heavy (non-hydrogen) atoms. The van der Waals surface area contributed by atoms with Gasteiger partial charge in [-0.25, -0.2) is 17.9 Å². The zero-order chi connectivity index (χ0) is 25.4. The summed E-state index contributed by atoms with van der Waals surface area (Å²) >= 11 is 1.58. The van der Waals surface area contributed by atoms with Crippen molar-refractivity contribution in [1.29, 1.82) is 0 Å². The number of nitrogens with zero attached hydrogens (tertiary/aromatic N) is 1. The molecule has 0 saturated heterocycles. The van der Waals surface area contributed by atoms with Gasteiger partial charge in [0.1, 0.15) is 5.75 Å². The summed E-state index contributed by atoms with van der Waals surface area (Å²) in [6.45, 7) is 0.267. The summed E-state index contributed by atoms with van der Waals surface area (Å²) in [5.74, 6) is 0.730. The van der Waals surface area contributed by atoms with Crippen molar-refractivity contribution >= 4 is 21.4 Å². The Hall–Kier alpha value is -3.47. The van der Waals surface area contributed by atoms with E-state index in [9.17, 15) is 18.0 Å². The third kappa shape index (κ3) is 4.79. The second kappa shape index (κ2) is 9.53. The van der Waals surface area contributed by atoms with Crippen molar-refractivity contribution in [2.24, 2.45) is 0 Å². The van der Waals surface area contributed by atoms with Crippen molar-refractivity contribution < 1.29 is 13.2 Å². The number of aromatic nitrogens is 2. The third-order valence-electron chi connectivity index (χ3n) is 6.40. The van der Waals surface area contributed by atoms with E-state index in [1.165, 1.54) is 22.4 Å². The zero-order valence-electron chi connectivity index (χ0n) is 19.8. The Bertz CT molecular complexity index is 1640. The first-order valence-corrected chi connectivity index (χ1v) is 14.1. The Morgan fingerprint density at radius 2 is 2.08 bits per heavy atom. The molecule has 5 rings (SSSR count). The predicted octanol–water partition coefficient (Wildman–Crippen LogP) is 3.48. The van der Waals surface area contributed by atoms with Crippen LogP contribution in [0.4, 0.5) is 0 Å². The minimum Gasteiger partial charge on any atom is -0.496 e. The van der Waals surface area contributed by atoms with Gasteiger partial charge in [-0.2, -0.15) is 0 Å². The fourth-order valence-corrected chi connectivity index (χ4v) is 5.92. The molecule has 2 aliphatic rings. The van der Waals surface area contributed by atoms with Crippen molar-refractivity contribution in [1.82, 2.24) is 14.3 Å². The highest BCUT2D eigenvalue weighted by Crippen LogP contribution is 2.46. The van der Waals surface area contributed by atoms with Gasteiger partial charge >= 0.3 is 5.69 Å². The van der Waals surface area contributed by atoms with Gasteiger partial charge in [-0.05, 0) is 47.6 Å². The van der Waals surface area contributed by atoms with E-state index in [-0.39, 0.29) is 12.5 Å². The van der Waals surface area contributed by atoms with E-state index in [0.717, 1.165) is 52.0 Å². The quantitative estimate of drug-likeness (QED) is 0.493. The molecule has 0 bridgehead atoms. The second-order valence-electron chi connectivity index (χ2n) is 8.79. The Morgan fingerprint density at radius 3 is 2.78 bits per heavy atom. The molecule has 10 heteroatoms. The zero-order valence-corrected chi connectivity index (χ0v) is 21.4. The second-order valence-corrected chi connectivity index (χ2v) is 11.6. The first-order chi connectivity index (χ1) is 17.2. The molecule has 0 spiro atoms. The van der Waals surface area contributed by atoms with Gasteiger partial charge in [-0.15, -0.1) is 11.3 Å². The SMILES string of the molecule is COc1c(-c2cccs2)cc(-n2ccc(=O)[nH]c2=O)cc1C1C=CC2=C(CC=C2CNS(C)(=O)=O)C1. The van der Waals surface area contributed by atoms with E-state index in [1.54, 1.807) is 18.4 Å². The average molecular weight is 524 g/mol. The Balaban J connectivity index is 1.56. The van der Waals surface area contributed by atoms with E-state index in [0.29, 0.717) is 5.69 Å². The summed E-state index contributed by atoms with van der Waals surface area (Å²) in [4.78, 5) is 27.6. The molecule has 2 aromatic heterocycles. The van der Waals surface area contributed by atoms with E-state index < -0.39 is 21.3 Å². The summed E-state index contributed by atoms with van der Waals surface area (Å²) in [6.07, 6.45) is 10.4. The lowest BCUT2D eigenvalue weighted by atomic mass is 9.83. The number of allylic oxidation sites excluding steroid dienone is 4. The highest BCUT2D eigenvalue weighted by molar-refractivity contribution is 7.88. The van der Waals surface area contributed by atoms with Gasteiger partial charge in [0.2, 0.25) is 10.0 Å². The topological polar surface area (TPSA) is 110 Å². The van der Waals surface area contributed by atoms with E-state index in [1.807, 2.05) is 29.6 Å². The van der Waals surface area contributed by atoms with Crippen molar-refractivity contribution in [2.75, 3.05) is 19.9 Å². The molecule has 0 fully saturated rings. The highest BCUT2D eigenvalue weighted by Gasteiger charge is 2.27. The molecule has 8 nitrogen and oxygen atoms in total. The Kier molecular flexibility index (Phi) is 6.42. The fourth-order valence-electron chi connectivity index (χ4n) is 4.76. The van der Waals surface area contributed by atoms with E-state index in [4.69, 9.17) is 4.74 Å². The van der Waals surface area contributed by atoms with Crippen molar-refractivity contribution in [3.8, 4) is 21.9 Å². The number of aromatic amines is 1. The van der Waals surface area contributed by atoms with Crippen LogP contribution >= 0.6 is 11.3 Å². The molecular formula is C26H25N3O5S2. The van der Waals surface area contributed by atoms with Crippen LogP contribution in [0, 0.1) is 0 Å². The molecule has 3 aromatic rings. The molecule has 2 N–H and O–H groups in total. The minimum atomic E-state index is -3.28. The summed E-state index contributed by atoms with van der Waals surface area (Å²) in [7, 11) is -1.63. The van der Waals surface area contributed by atoms with Crippen LogP contribution in [0.25, 0.3) is 16.1 Å². The monoisotopic (exact) mass is 523 g/mol. The molecule has 0 amide bonds. The van der Waals surface area contributed by atoms with Gasteiger partial charge in [-0.1, -0.05) is 29.9 Å². The normalized spacial score (nSPS) is 17.3. The number of benzene rings is 1. The van der Waals surface area contributed by atoms with Gasteiger partial charge in [0.15, 0.2) is 0 Å². The lowest BCUT2D eigenvalue weighted by Gasteiger charge is -2.24. The maximum absolute atomic E-state index is 12.6. The summed E-state index contributed by atoms with van der Waals surface area (Å²) in [5, 5.41) is 1.99. The molecule has 0 aliphatic heterocycles. The average Bonchev–Trinajstić information content (AvgIpc) is 3.51. The number of nitrogens with one attached hydrogen (secondary N) is 2. The lowest BCUT2D eigenvalue weighted by molar-refractivity contribution is 0.409. The number of rotatable bonds is 7. The van der Waals surface area contributed by atoms with Crippen molar-refractivity contribution in [3.63, 3.8) is 0 Å². The van der Waals surface area contributed by atoms with Gasteiger partial charge in [0, 0.05) is 40.7 Å². The van der Waals surface area contributed by atoms with Crippen molar-refractivity contribution in [2.45, 2.75) is 18.8 Å². The highest BCUT2D eigenvalue weighted by atomic mass is 32.2. The summed E-state index contributed by atoms with van der Waals surface area (Å²) in [5.41, 5.74) is 4.76. The molecule has 1 aromatic carbocycles. The molecule has 2 heterocycles. The standard InChI is InChI=1S/C26H25N3O5S2/c1-34-25-21(17-7-8-20-16(12-17)5-6-18(20)15-27-36(2,32)33)13-19(14-22(25)23-4-3-11-35-23)29-10-9-24(30)28-26(29)31/h3-4,6-11,13-14,17,27H,5,12,15H2,1-2H3,(H,28,30,31). The number of sulfonamides is 1. The number of H-pyrrole nitrogens is 1. The van der Waals surface area contributed by atoms with Crippen LogP contribution in [0.15, 0.2) is 86.4 Å². The molecule has 2 aliphatic carbocycles. The van der Waals surface area contributed by atoms with E-state index >= 15 is 0 Å². The fraction of sp³-hybridized carbons (Fsp3) is 0.231. The van der Waals surface area contributed by atoms with Crippen LogP contribution in [0.5, 0.6) is 5.75 Å². The van der Waals surface area contributed by atoms with Crippen LogP contribution in [0.2, 0.25) is 0 Å². The lowest BCUT2D eigenvalue weighted by Crippen LogP contribution is -2.27. The number of hydrogen-bond donors (Lipinski definition) is 2. The van der Waals surface area contributed by atoms with E-state index in [2.05, 4.69) is 27.9 Å². The van der Waals surface area contributed by atoms with Crippen LogP contribution in [0.1, 0.15) is 24.3 Å². The van der Waals surface area contributed by atoms with Gasteiger partial charge in [0.25, 0.3) is 5.56 Å². The maximum Gasteiger partial charge on any atom is 0.332 e. The van der Waals surface area contributed by atoms with Crippen LogP contribution < -0.4 is 20.7 Å². The first kappa shape index (κ1) is 24.2. The van der Waals surface area contributed by atoms with Crippen LogP contribution in [-0.2, 0) is 10.0 Å². The molecule has 0 saturated carbocycles. The Morgan fingerprint density at radius 1 is 1.25 bits per heavy atom. The number of methoxy groups -OCH3 is 1. The molecule has 1 unspecified atom stereocenters. The van der Waals surface area contributed by atoms with Crippen LogP contribution in [0.3, 0.4) is 0 Å². The summed E-state index contributed by atoms with van der Waals surface area (Å²) in [6, 6.07) is 9.13. The van der Waals surface area contributed by atoms with Gasteiger partial charge < -0.3 is 4.74 Å². The molecule has 0 radical (unpaired) electrons. The van der Waals surface area contributed by atoms with Gasteiger partial charge in [0.05, 0.1) is 19.1 Å². The molecular weight excluding hydrogens is 498 g/mol. The number of hydrogen-bond acceptors (Lipinski definition) is 6.